The van der Waals surface area contributed by atoms with Gasteiger partial charge in [0, 0.05) is 7.05 Å². The van der Waals surface area contributed by atoms with Crippen molar-refractivity contribution in [3.05, 3.63) is 64.7 Å². The molecular formula is C17H20N2O2S. The van der Waals surface area contributed by atoms with Crippen LogP contribution in [-0.4, -0.2) is 26.1 Å². The zero-order valence-corrected chi connectivity index (χ0v) is 14.1. The first-order valence-electron chi connectivity index (χ1n) is 6.97. The van der Waals surface area contributed by atoms with E-state index < -0.39 is 10.0 Å². The molecule has 4 nitrogen and oxygen atoms in total. The summed E-state index contributed by atoms with van der Waals surface area (Å²) in [6.07, 6.45) is 1.58. The smallest absolute Gasteiger partial charge is 0.200 e. The van der Waals surface area contributed by atoms with Gasteiger partial charge in [-0.1, -0.05) is 41.5 Å². The lowest BCUT2D eigenvalue weighted by atomic mass is 10.1. The van der Waals surface area contributed by atoms with Gasteiger partial charge in [-0.25, -0.2) is 0 Å². The molecule has 2 rings (SSSR count). The highest BCUT2D eigenvalue weighted by Gasteiger charge is 2.18. The van der Waals surface area contributed by atoms with E-state index in [2.05, 4.69) is 5.10 Å². The molecule has 0 spiro atoms. The van der Waals surface area contributed by atoms with Gasteiger partial charge in [0.2, 0.25) is 0 Å². The Kier molecular flexibility index (Phi) is 4.66. The Morgan fingerprint density at radius 3 is 2.18 bits per heavy atom. The molecule has 0 saturated carbocycles. The van der Waals surface area contributed by atoms with Crippen molar-refractivity contribution in [2.24, 2.45) is 5.10 Å². The summed E-state index contributed by atoms with van der Waals surface area (Å²) in [4.78, 5) is 0.235. The number of benzene rings is 2. The fraction of sp³-hybridized carbons (Fsp3) is 0.235. The topological polar surface area (TPSA) is 49.7 Å². The number of rotatable bonds is 4. The highest BCUT2D eigenvalue weighted by Crippen LogP contribution is 2.15. The summed E-state index contributed by atoms with van der Waals surface area (Å²) in [6, 6.07) is 12.7. The third kappa shape index (κ3) is 3.54. The lowest BCUT2D eigenvalue weighted by Crippen LogP contribution is -2.22. The fourth-order valence-electron chi connectivity index (χ4n) is 1.97. The summed E-state index contributed by atoms with van der Waals surface area (Å²) in [5.74, 6) is 0. The molecule has 0 atom stereocenters. The number of hydrogen-bond donors (Lipinski definition) is 0. The minimum atomic E-state index is -3.61. The van der Waals surface area contributed by atoms with Crippen LogP contribution in [0.5, 0.6) is 0 Å². The van der Waals surface area contributed by atoms with Gasteiger partial charge in [-0.05, 0) is 44.0 Å². The maximum absolute atomic E-state index is 12.4. The number of hydrogen-bond acceptors (Lipinski definition) is 3. The van der Waals surface area contributed by atoms with Crippen LogP contribution in [0.15, 0.2) is 52.5 Å². The van der Waals surface area contributed by atoms with Crippen LogP contribution < -0.4 is 0 Å². The summed E-state index contributed by atoms with van der Waals surface area (Å²) in [7, 11) is -2.17. The fourth-order valence-corrected chi connectivity index (χ4v) is 2.92. The first kappa shape index (κ1) is 16.2. The maximum atomic E-state index is 12.4. The molecule has 5 heteroatoms. The summed E-state index contributed by atoms with van der Waals surface area (Å²) < 4.78 is 25.9. The highest BCUT2D eigenvalue weighted by molar-refractivity contribution is 7.89. The normalized spacial score (nSPS) is 11.8. The number of nitrogens with zero attached hydrogens (tertiary/aromatic N) is 2. The van der Waals surface area contributed by atoms with Crippen LogP contribution in [0.4, 0.5) is 0 Å². The number of sulfonamides is 1. The van der Waals surface area contributed by atoms with Crippen LogP contribution in [0, 0.1) is 20.8 Å². The van der Waals surface area contributed by atoms with Gasteiger partial charge in [0.05, 0.1) is 11.1 Å². The minimum Gasteiger partial charge on any atom is -0.200 e. The van der Waals surface area contributed by atoms with Crippen molar-refractivity contribution in [2.45, 2.75) is 25.7 Å². The van der Waals surface area contributed by atoms with Crippen molar-refractivity contribution in [3.63, 3.8) is 0 Å². The highest BCUT2D eigenvalue weighted by atomic mass is 32.2. The van der Waals surface area contributed by atoms with Crippen molar-refractivity contribution in [3.8, 4) is 0 Å². The standard InChI is InChI=1S/C17H20N2O2S/c1-13-6-9-17(10-7-13)22(20,21)19(4)18-12-16-11-14(2)5-8-15(16)3/h5-12H,1-4H3. The molecular weight excluding hydrogens is 296 g/mol. The lowest BCUT2D eigenvalue weighted by molar-refractivity contribution is 0.491. The van der Waals surface area contributed by atoms with Gasteiger partial charge in [0.25, 0.3) is 10.0 Å². The van der Waals surface area contributed by atoms with E-state index >= 15 is 0 Å². The van der Waals surface area contributed by atoms with Gasteiger partial charge in [-0.2, -0.15) is 17.9 Å². The van der Waals surface area contributed by atoms with Gasteiger partial charge in [-0.15, -0.1) is 0 Å². The third-order valence-electron chi connectivity index (χ3n) is 3.46. The third-order valence-corrected chi connectivity index (χ3v) is 5.12. The molecule has 0 fully saturated rings. The predicted octanol–water partition coefficient (Wildman–Crippen LogP) is 3.27. The molecule has 0 heterocycles. The van der Waals surface area contributed by atoms with E-state index in [1.165, 1.54) is 7.05 Å². The van der Waals surface area contributed by atoms with Crippen molar-refractivity contribution in [1.29, 1.82) is 0 Å². The van der Waals surface area contributed by atoms with Gasteiger partial charge >= 0.3 is 0 Å². The second-order valence-electron chi connectivity index (χ2n) is 5.36. The Morgan fingerprint density at radius 2 is 1.55 bits per heavy atom. The quantitative estimate of drug-likeness (QED) is 0.642. The molecule has 0 N–H and O–H groups in total. The van der Waals surface area contributed by atoms with Gasteiger partial charge in [0.15, 0.2) is 0 Å². The van der Waals surface area contributed by atoms with E-state index in [1.807, 2.05) is 39.0 Å². The summed E-state index contributed by atoms with van der Waals surface area (Å²) in [5.41, 5.74) is 4.08. The second-order valence-corrected chi connectivity index (χ2v) is 7.31. The van der Waals surface area contributed by atoms with Crippen LogP contribution in [0.25, 0.3) is 0 Å². The molecule has 0 aliphatic heterocycles. The van der Waals surface area contributed by atoms with Crippen LogP contribution in [0.2, 0.25) is 0 Å². The number of hydrazone groups is 1. The predicted molar refractivity (Wildman–Crippen MR) is 89.6 cm³/mol. The Balaban J connectivity index is 2.27. The first-order chi connectivity index (χ1) is 10.3. The summed E-state index contributed by atoms with van der Waals surface area (Å²) in [5, 5.41) is 4.09. The molecule has 0 bridgehead atoms. The van der Waals surface area contributed by atoms with Crippen molar-refractivity contribution < 1.29 is 8.42 Å². The van der Waals surface area contributed by atoms with E-state index in [4.69, 9.17) is 0 Å². The van der Waals surface area contributed by atoms with Crippen molar-refractivity contribution in [1.82, 2.24) is 4.41 Å². The van der Waals surface area contributed by atoms with Gasteiger partial charge in [0.1, 0.15) is 0 Å². The van der Waals surface area contributed by atoms with Crippen LogP contribution in [0.3, 0.4) is 0 Å². The molecule has 0 amide bonds. The molecule has 0 unspecified atom stereocenters. The molecule has 0 aliphatic carbocycles. The zero-order valence-electron chi connectivity index (χ0n) is 13.2. The summed E-state index contributed by atoms with van der Waals surface area (Å²) in [6.45, 7) is 5.87. The molecule has 0 aliphatic rings. The van der Waals surface area contributed by atoms with E-state index in [-0.39, 0.29) is 4.90 Å². The maximum Gasteiger partial charge on any atom is 0.278 e. The monoisotopic (exact) mass is 316 g/mol. The van der Waals surface area contributed by atoms with Crippen LogP contribution in [-0.2, 0) is 10.0 Å². The average molecular weight is 316 g/mol. The van der Waals surface area contributed by atoms with Crippen LogP contribution in [0.1, 0.15) is 22.3 Å². The summed E-state index contributed by atoms with van der Waals surface area (Å²) >= 11 is 0. The Bertz CT molecular complexity index is 794. The Hall–Kier alpha value is -2.14. The number of aryl methyl sites for hydroxylation is 3. The lowest BCUT2D eigenvalue weighted by Gasteiger charge is -2.14. The van der Waals surface area contributed by atoms with Gasteiger partial charge in [-0.3, -0.25) is 0 Å². The first-order valence-corrected chi connectivity index (χ1v) is 8.41. The molecule has 2 aromatic carbocycles. The van der Waals surface area contributed by atoms with E-state index in [0.717, 1.165) is 26.7 Å². The average Bonchev–Trinajstić information content (AvgIpc) is 2.48. The van der Waals surface area contributed by atoms with Crippen molar-refractivity contribution >= 4 is 16.2 Å². The minimum absolute atomic E-state index is 0.235. The van der Waals surface area contributed by atoms with E-state index in [9.17, 15) is 8.42 Å². The van der Waals surface area contributed by atoms with Gasteiger partial charge < -0.3 is 0 Å². The molecule has 2 aromatic rings. The zero-order chi connectivity index (χ0) is 16.3. The van der Waals surface area contributed by atoms with E-state index in [0.29, 0.717) is 0 Å². The van der Waals surface area contributed by atoms with Crippen LogP contribution >= 0.6 is 0 Å². The Labute approximate surface area is 132 Å². The largest absolute Gasteiger partial charge is 0.278 e. The SMILES string of the molecule is Cc1ccc(S(=O)(=O)N(C)N=Cc2cc(C)ccc2C)cc1. The molecule has 0 radical (unpaired) electrons. The van der Waals surface area contributed by atoms with E-state index in [1.54, 1.807) is 30.5 Å². The second kappa shape index (κ2) is 6.32. The Morgan fingerprint density at radius 1 is 0.955 bits per heavy atom. The molecule has 22 heavy (non-hydrogen) atoms. The molecule has 0 saturated heterocycles. The van der Waals surface area contributed by atoms with Crippen molar-refractivity contribution in [2.75, 3.05) is 7.05 Å². The molecule has 116 valence electrons. The molecule has 0 aromatic heterocycles.